The fourth-order valence-corrected chi connectivity index (χ4v) is 3.59. The molecule has 32 heavy (non-hydrogen) atoms. The SMILES string of the molecule is O=C1NC[C@@H](c2ccccc2)[C@@H]1C(=O)N/N=C\c1ccc(-c2cccc(C(F)(F)F)c2)o1. The third-order valence-electron chi connectivity index (χ3n) is 5.16. The fraction of sp³-hybridized carbons (Fsp3) is 0.174. The number of furan rings is 1. The van der Waals surface area contributed by atoms with Crippen molar-refractivity contribution in [3.05, 3.63) is 83.6 Å². The molecule has 9 heteroatoms. The summed E-state index contributed by atoms with van der Waals surface area (Å²) < 4.78 is 44.2. The summed E-state index contributed by atoms with van der Waals surface area (Å²) in [4.78, 5) is 24.7. The summed E-state index contributed by atoms with van der Waals surface area (Å²) >= 11 is 0. The molecule has 0 saturated carbocycles. The minimum absolute atomic E-state index is 0.225. The van der Waals surface area contributed by atoms with E-state index in [4.69, 9.17) is 4.42 Å². The van der Waals surface area contributed by atoms with Crippen molar-refractivity contribution in [3.63, 3.8) is 0 Å². The summed E-state index contributed by atoms with van der Waals surface area (Å²) in [6.07, 6.45) is -3.24. The van der Waals surface area contributed by atoms with Gasteiger partial charge in [-0.1, -0.05) is 42.5 Å². The van der Waals surface area contributed by atoms with E-state index in [9.17, 15) is 22.8 Å². The lowest BCUT2D eigenvalue weighted by molar-refractivity contribution is -0.137. The number of rotatable bonds is 5. The molecule has 1 saturated heterocycles. The number of benzene rings is 2. The Balaban J connectivity index is 1.43. The number of carbonyl (C=O) groups is 2. The van der Waals surface area contributed by atoms with E-state index in [0.29, 0.717) is 6.54 Å². The van der Waals surface area contributed by atoms with E-state index in [-0.39, 0.29) is 28.9 Å². The molecule has 0 aliphatic carbocycles. The first-order chi connectivity index (χ1) is 15.3. The maximum Gasteiger partial charge on any atom is 0.416 e. The lowest BCUT2D eigenvalue weighted by Gasteiger charge is -2.15. The summed E-state index contributed by atoms with van der Waals surface area (Å²) in [5.41, 5.74) is 2.69. The zero-order valence-electron chi connectivity index (χ0n) is 16.6. The van der Waals surface area contributed by atoms with Gasteiger partial charge in [-0.05, 0) is 29.8 Å². The normalized spacial score (nSPS) is 18.7. The molecule has 0 unspecified atom stereocenters. The van der Waals surface area contributed by atoms with E-state index in [1.165, 1.54) is 30.5 Å². The van der Waals surface area contributed by atoms with Gasteiger partial charge in [-0.25, -0.2) is 5.43 Å². The Bertz CT molecular complexity index is 1160. The Morgan fingerprint density at radius 1 is 1.09 bits per heavy atom. The Labute approximate surface area is 181 Å². The predicted octanol–water partition coefficient (Wildman–Crippen LogP) is 3.95. The number of hydrogen-bond donors (Lipinski definition) is 2. The summed E-state index contributed by atoms with van der Waals surface area (Å²) in [6.45, 7) is 0.350. The van der Waals surface area contributed by atoms with Crippen molar-refractivity contribution in [2.75, 3.05) is 6.54 Å². The number of carbonyl (C=O) groups excluding carboxylic acids is 2. The highest BCUT2D eigenvalue weighted by molar-refractivity contribution is 6.03. The number of hydrogen-bond acceptors (Lipinski definition) is 4. The highest BCUT2D eigenvalue weighted by atomic mass is 19.4. The Kier molecular flexibility index (Phi) is 5.81. The number of nitrogens with one attached hydrogen (secondary N) is 2. The van der Waals surface area contributed by atoms with Gasteiger partial charge in [0.05, 0.1) is 11.8 Å². The fourth-order valence-electron chi connectivity index (χ4n) is 3.59. The molecule has 164 valence electrons. The van der Waals surface area contributed by atoms with Crippen molar-refractivity contribution in [2.45, 2.75) is 12.1 Å². The molecule has 2 heterocycles. The third kappa shape index (κ3) is 4.56. The molecule has 3 aromatic rings. The molecule has 1 aliphatic heterocycles. The average Bonchev–Trinajstić information content (AvgIpc) is 3.40. The summed E-state index contributed by atoms with van der Waals surface area (Å²) in [7, 11) is 0. The second-order valence-electron chi connectivity index (χ2n) is 7.25. The zero-order valence-corrected chi connectivity index (χ0v) is 16.6. The van der Waals surface area contributed by atoms with Crippen LogP contribution >= 0.6 is 0 Å². The lowest BCUT2D eigenvalue weighted by Crippen LogP contribution is -2.34. The van der Waals surface area contributed by atoms with Crippen molar-refractivity contribution in [2.24, 2.45) is 11.0 Å². The predicted molar refractivity (Wildman–Crippen MR) is 111 cm³/mol. The van der Waals surface area contributed by atoms with Gasteiger partial charge in [0, 0.05) is 18.0 Å². The summed E-state index contributed by atoms with van der Waals surface area (Å²) in [5, 5.41) is 6.53. The Hall–Kier alpha value is -3.88. The first-order valence-corrected chi connectivity index (χ1v) is 9.76. The van der Waals surface area contributed by atoms with Gasteiger partial charge in [0.2, 0.25) is 5.91 Å². The van der Waals surface area contributed by atoms with Crippen LogP contribution in [0.15, 0.2) is 76.2 Å². The molecule has 0 spiro atoms. The molecule has 2 amide bonds. The molecule has 0 radical (unpaired) electrons. The van der Waals surface area contributed by atoms with Gasteiger partial charge in [-0.15, -0.1) is 0 Å². The van der Waals surface area contributed by atoms with Crippen molar-refractivity contribution < 1.29 is 27.2 Å². The molecule has 0 bridgehead atoms. The van der Waals surface area contributed by atoms with Crippen molar-refractivity contribution in [1.29, 1.82) is 0 Å². The van der Waals surface area contributed by atoms with Gasteiger partial charge < -0.3 is 9.73 Å². The van der Waals surface area contributed by atoms with Gasteiger partial charge >= 0.3 is 6.18 Å². The standard InChI is InChI=1S/C23H18F3N3O3/c24-23(25,26)16-8-4-7-15(11-16)19-10-9-17(32-19)12-28-29-22(31)20-18(13-27-21(20)30)14-5-2-1-3-6-14/h1-12,18,20H,13H2,(H,27,30)(H,29,31)/b28-12-/t18-,20-/m0/s1. The maximum absolute atomic E-state index is 12.9. The van der Waals surface area contributed by atoms with Crippen LogP contribution in [-0.4, -0.2) is 24.6 Å². The molecule has 2 aromatic carbocycles. The van der Waals surface area contributed by atoms with Crippen LogP contribution in [0.3, 0.4) is 0 Å². The molecular weight excluding hydrogens is 423 g/mol. The molecule has 1 fully saturated rings. The zero-order chi connectivity index (χ0) is 22.7. The third-order valence-corrected chi connectivity index (χ3v) is 5.16. The van der Waals surface area contributed by atoms with E-state index >= 15 is 0 Å². The van der Waals surface area contributed by atoms with Crippen LogP contribution in [0.5, 0.6) is 0 Å². The number of hydrazone groups is 1. The molecule has 6 nitrogen and oxygen atoms in total. The molecule has 1 aliphatic rings. The van der Waals surface area contributed by atoms with Gasteiger partial charge in [0.25, 0.3) is 5.91 Å². The van der Waals surface area contributed by atoms with E-state index in [1.807, 2.05) is 30.3 Å². The van der Waals surface area contributed by atoms with E-state index in [1.54, 1.807) is 0 Å². The molecular formula is C23H18F3N3O3. The molecule has 2 N–H and O–H groups in total. The van der Waals surface area contributed by atoms with Crippen LogP contribution in [0, 0.1) is 5.92 Å². The van der Waals surface area contributed by atoms with Crippen LogP contribution in [-0.2, 0) is 15.8 Å². The molecule has 1 aromatic heterocycles. The van der Waals surface area contributed by atoms with E-state index < -0.39 is 23.6 Å². The quantitative estimate of drug-likeness (QED) is 0.357. The number of halogens is 3. The number of amides is 2. The topological polar surface area (TPSA) is 83.7 Å². The molecule has 2 atom stereocenters. The minimum Gasteiger partial charge on any atom is -0.455 e. The summed E-state index contributed by atoms with van der Waals surface area (Å²) in [5.74, 6) is -1.72. The van der Waals surface area contributed by atoms with Crippen LogP contribution < -0.4 is 10.7 Å². The van der Waals surface area contributed by atoms with E-state index in [0.717, 1.165) is 17.7 Å². The average molecular weight is 441 g/mol. The Morgan fingerprint density at radius 3 is 2.62 bits per heavy atom. The maximum atomic E-state index is 12.9. The lowest BCUT2D eigenvalue weighted by atomic mass is 9.88. The number of alkyl halides is 3. The first kappa shape index (κ1) is 21.4. The monoisotopic (exact) mass is 441 g/mol. The smallest absolute Gasteiger partial charge is 0.416 e. The van der Waals surface area contributed by atoms with Gasteiger partial charge in [0.1, 0.15) is 17.4 Å². The largest absolute Gasteiger partial charge is 0.455 e. The number of nitrogens with zero attached hydrogens (tertiary/aromatic N) is 1. The minimum atomic E-state index is -4.46. The van der Waals surface area contributed by atoms with Crippen LogP contribution in [0.25, 0.3) is 11.3 Å². The Morgan fingerprint density at radius 2 is 1.88 bits per heavy atom. The second kappa shape index (κ2) is 8.70. The van der Waals surface area contributed by atoms with Crippen molar-refractivity contribution in [1.82, 2.24) is 10.7 Å². The molecule has 4 rings (SSSR count). The van der Waals surface area contributed by atoms with Crippen molar-refractivity contribution >= 4 is 18.0 Å². The van der Waals surface area contributed by atoms with Gasteiger partial charge in [0.15, 0.2) is 0 Å². The van der Waals surface area contributed by atoms with Gasteiger partial charge in [-0.2, -0.15) is 18.3 Å². The van der Waals surface area contributed by atoms with Gasteiger partial charge in [-0.3, -0.25) is 9.59 Å². The van der Waals surface area contributed by atoms with Crippen LogP contribution in [0.1, 0.15) is 22.8 Å². The highest BCUT2D eigenvalue weighted by Gasteiger charge is 2.41. The first-order valence-electron chi connectivity index (χ1n) is 9.76. The summed E-state index contributed by atoms with van der Waals surface area (Å²) in [6, 6.07) is 17.0. The van der Waals surface area contributed by atoms with Crippen molar-refractivity contribution in [3.8, 4) is 11.3 Å². The van der Waals surface area contributed by atoms with E-state index in [2.05, 4.69) is 15.8 Å². The second-order valence-corrected chi connectivity index (χ2v) is 7.25. The van der Waals surface area contributed by atoms with Crippen LogP contribution in [0.2, 0.25) is 0 Å². The van der Waals surface area contributed by atoms with Crippen LogP contribution in [0.4, 0.5) is 13.2 Å². The highest BCUT2D eigenvalue weighted by Crippen LogP contribution is 2.32.